The van der Waals surface area contributed by atoms with Crippen LogP contribution in [0.5, 0.6) is 0 Å². The van der Waals surface area contributed by atoms with Crippen LogP contribution in [0.15, 0.2) is 11.3 Å². The van der Waals surface area contributed by atoms with E-state index in [1.165, 1.54) is 13.8 Å². The minimum atomic E-state index is -4.35. The Bertz CT molecular complexity index is 142. The quantitative estimate of drug-likeness (QED) is 0.527. The number of alkyl halides is 3. The lowest BCUT2D eigenvalue weighted by molar-refractivity contribution is -0.127. The van der Waals surface area contributed by atoms with E-state index in [0.717, 1.165) is 7.11 Å². The summed E-state index contributed by atoms with van der Waals surface area (Å²) in [5, 5.41) is 0. The van der Waals surface area contributed by atoms with Crippen molar-refractivity contribution >= 4 is 0 Å². The Morgan fingerprint density at radius 3 is 1.60 bits per heavy atom. The molecule has 0 aromatic heterocycles. The van der Waals surface area contributed by atoms with Crippen LogP contribution in [0.25, 0.3) is 0 Å². The van der Waals surface area contributed by atoms with Gasteiger partial charge in [-0.2, -0.15) is 13.2 Å². The molecule has 0 unspecified atom stereocenters. The smallest absolute Gasteiger partial charge is 0.448 e. The summed E-state index contributed by atoms with van der Waals surface area (Å²) < 4.78 is 39.5. The average Bonchev–Trinajstić information content (AvgIpc) is 1.60. The molecule has 0 aromatic rings. The van der Waals surface area contributed by atoms with Gasteiger partial charge < -0.3 is 4.74 Å². The van der Waals surface area contributed by atoms with E-state index in [4.69, 9.17) is 0 Å². The minimum absolute atomic E-state index is 0.134. The van der Waals surface area contributed by atoms with Crippen molar-refractivity contribution in [2.24, 2.45) is 0 Å². The van der Waals surface area contributed by atoms with Crippen molar-refractivity contribution in [1.29, 1.82) is 0 Å². The van der Waals surface area contributed by atoms with Gasteiger partial charge in [0.2, 0.25) is 0 Å². The maximum absolute atomic E-state index is 11.8. The van der Waals surface area contributed by atoms with Gasteiger partial charge in [0.05, 0.1) is 7.11 Å². The van der Waals surface area contributed by atoms with Gasteiger partial charge in [-0.05, 0) is 19.4 Å². The molecular formula is C6H9F3O. The number of halogens is 3. The van der Waals surface area contributed by atoms with Crippen molar-refractivity contribution in [2.75, 3.05) is 7.11 Å². The van der Waals surface area contributed by atoms with Crippen molar-refractivity contribution in [3.05, 3.63) is 11.3 Å². The molecule has 0 N–H and O–H groups in total. The molecule has 0 spiro atoms. The van der Waals surface area contributed by atoms with Crippen LogP contribution < -0.4 is 0 Å². The summed E-state index contributed by atoms with van der Waals surface area (Å²) in [7, 11) is 1.01. The minimum Gasteiger partial charge on any atom is -0.492 e. The van der Waals surface area contributed by atoms with Crippen LogP contribution in [-0.2, 0) is 4.74 Å². The number of hydrogen-bond donors (Lipinski definition) is 0. The molecule has 0 aromatic carbocycles. The Balaban J connectivity index is 4.55. The van der Waals surface area contributed by atoms with Crippen molar-refractivity contribution < 1.29 is 17.9 Å². The lowest BCUT2D eigenvalue weighted by Gasteiger charge is -2.10. The second kappa shape index (κ2) is 2.94. The molecule has 0 heterocycles. The highest BCUT2D eigenvalue weighted by molar-refractivity contribution is 5.07. The third kappa shape index (κ3) is 2.29. The van der Waals surface area contributed by atoms with Crippen LogP contribution >= 0.6 is 0 Å². The third-order valence-corrected chi connectivity index (χ3v) is 0.916. The van der Waals surface area contributed by atoms with Crippen LogP contribution in [0.4, 0.5) is 13.2 Å². The fraction of sp³-hybridized carbons (Fsp3) is 0.667. The van der Waals surface area contributed by atoms with Crippen LogP contribution in [0.3, 0.4) is 0 Å². The van der Waals surface area contributed by atoms with Crippen molar-refractivity contribution in [3.8, 4) is 0 Å². The van der Waals surface area contributed by atoms with Gasteiger partial charge in [-0.1, -0.05) is 0 Å². The highest BCUT2D eigenvalue weighted by Gasteiger charge is 2.35. The Morgan fingerprint density at radius 2 is 1.60 bits per heavy atom. The van der Waals surface area contributed by atoms with Crippen molar-refractivity contribution in [1.82, 2.24) is 0 Å². The molecule has 10 heavy (non-hydrogen) atoms. The Hall–Kier alpha value is -0.670. The predicted octanol–water partition coefficient (Wildman–Crippen LogP) is 2.49. The first kappa shape index (κ1) is 9.33. The van der Waals surface area contributed by atoms with Crippen molar-refractivity contribution in [3.63, 3.8) is 0 Å². The SMILES string of the molecule is COC(=C(C)C)C(F)(F)F. The molecule has 0 fully saturated rings. The normalized spacial score (nSPS) is 11.0. The molecule has 1 nitrogen and oxygen atoms in total. The van der Waals surface area contributed by atoms with E-state index in [9.17, 15) is 13.2 Å². The standard InChI is InChI=1S/C6H9F3O/c1-4(2)5(10-3)6(7,8)9/h1-3H3. The van der Waals surface area contributed by atoms with E-state index < -0.39 is 11.9 Å². The van der Waals surface area contributed by atoms with Gasteiger partial charge in [0.25, 0.3) is 0 Å². The first-order chi connectivity index (χ1) is 4.39. The second-order valence-electron chi connectivity index (χ2n) is 2.03. The van der Waals surface area contributed by atoms with E-state index >= 15 is 0 Å². The molecule has 0 aliphatic carbocycles. The highest BCUT2D eigenvalue weighted by Crippen LogP contribution is 2.27. The van der Waals surface area contributed by atoms with Crippen LogP contribution in [0.2, 0.25) is 0 Å². The van der Waals surface area contributed by atoms with Gasteiger partial charge in [-0.3, -0.25) is 0 Å². The molecule has 0 rings (SSSR count). The fourth-order valence-electron chi connectivity index (χ4n) is 0.603. The number of ether oxygens (including phenoxy) is 1. The molecule has 4 heteroatoms. The number of allylic oxidation sites excluding steroid dienone is 2. The zero-order valence-corrected chi connectivity index (χ0v) is 6.04. The summed E-state index contributed by atoms with van der Waals surface area (Å²) in [6.07, 6.45) is -4.35. The molecule has 0 atom stereocenters. The largest absolute Gasteiger partial charge is 0.492 e. The molecule has 0 aliphatic rings. The van der Waals surface area contributed by atoms with Crippen LogP contribution in [-0.4, -0.2) is 13.3 Å². The lowest BCUT2D eigenvalue weighted by Crippen LogP contribution is -2.14. The van der Waals surface area contributed by atoms with E-state index in [0.29, 0.717) is 0 Å². The lowest BCUT2D eigenvalue weighted by atomic mass is 10.3. The summed E-state index contributed by atoms with van der Waals surface area (Å²) in [4.78, 5) is 0. The van der Waals surface area contributed by atoms with E-state index in [-0.39, 0.29) is 5.57 Å². The van der Waals surface area contributed by atoms with Crippen LogP contribution in [0, 0.1) is 0 Å². The van der Waals surface area contributed by atoms with Gasteiger partial charge in [0.15, 0.2) is 5.76 Å². The Morgan fingerprint density at radius 1 is 1.20 bits per heavy atom. The molecule has 0 saturated heterocycles. The molecule has 60 valence electrons. The highest BCUT2D eigenvalue weighted by atomic mass is 19.4. The summed E-state index contributed by atoms with van der Waals surface area (Å²) in [6.45, 7) is 2.71. The maximum Gasteiger partial charge on any atom is 0.448 e. The first-order valence-electron chi connectivity index (χ1n) is 2.68. The van der Waals surface area contributed by atoms with E-state index in [1.807, 2.05) is 0 Å². The van der Waals surface area contributed by atoms with E-state index in [1.54, 1.807) is 0 Å². The van der Waals surface area contributed by atoms with Gasteiger partial charge in [-0.25, -0.2) is 0 Å². The Kier molecular flexibility index (Phi) is 2.75. The number of rotatable bonds is 1. The Labute approximate surface area is 57.5 Å². The number of methoxy groups -OCH3 is 1. The third-order valence-electron chi connectivity index (χ3n) is 0.916. The first-order valence-corrected chi connectivity index (χ1v) is 2.68. The zero-order chi connectivity index (χ0) is 8.36. The predicted molar refractivity (Wildman–Crippen MR) is 31.4 cm³/mol. The van der Waals surface area contributed by atoms with Crippen LogP contribution in [0.1, 0.15) is 13.8 Å². The van der Waals surface area contributed by atoms with Crippen molar-refractivity contribution in [2.45, 2.75) is 20.0 Å². The fourth-order valence-corrected chi connectivity index (χ4v) is 0.603. The molecular weight excluding hydrogens is 145 g/mol. The van der Waals surface area contributed by atoms with Gasteiger partial charge in [-0.15, -0.1) is 0 Å². The second-order valence-corrected chi connectivity index (χ2v) is 2.03. The monoisotopic (exact) mass is 154 g/mol. The molecule has 0 amide bonds. The molecule has 0 bridgehead atoms. The van der Waals surface area contributed by atoms with Gasteiger partial charge >= 0.3 is 6.18 Å². The summed E-state index contributed by atoms with van der Waals surface area (Å²) in [5.74, 6) is -0.910. The maximum atomic E-state index is 11.8. The number of hydrogen-bond acceptors (Lipinski definition) is 1. The zero-order valence-electron chi connectivity index (χ0n) is 6.04. The molecule has 0 aliphatic heterocycles. The van der Waals surface area contributed by atoms with E-state index in [2.05, 4.69) is 4.74 Å². The topological polar surface area (TPSA) is 9.23 Å². The summed E-state index contributed by atoms with van der Waals surface area (Å²) in [5.41, 5.74) is 0.134. The van der Waals surface area contributed by atoms with Gasteiger partial charge in [0.1, 0.15) is 0 Å². The summed E-state index contributed by atoms with van der Waals surface area (Å²) in [6, 6.07) is 0. The summed E-state index contributed by atoms with van der Waals surface area (Å²) >= 11 is 0. The molecule has 0 radical (unpaired) electrons. The van der Waals surface area contributed by atoms with Gasteiger partial charge in [0, 0.05) is 0 Å². The average molecular weight is 154 g/mol. The molecule has 0 saturated carbocycles.